The van der Waals surface area contributed by atoms with E-state index in [4.69, 9.17) is 9.47 Å². The van der Waals surface area contributed by atoms with Crippen molar-refractivity contribution in [2.45, 2.75) is 70.1 Å². The lowest BCUT2D eigenvalue weighted by Gasteiger charge is -2.34. The fourth-order valence-corrected chi connectivity index (χ4v) is 6.63. The number of piperidine rings is 1. The number of nitrogens with zero attached hydrogens (tertiary/aromatic N) is 4. The van der Waals surface area contributed by atoms with Gasteiger partial charge in [0.05, 0.1) is 30.7 Å². The second-order valence-corrected chi connectivity index (χ2v) is 13.7. The minimum atomic E-state index is -1.48. The van der Waals surface area contributed by atoms with E-state index in [2.05, 4.69) is 38.1 Å². The Labute approximate surface area is 285 Å². The summed E-state index contributed by atoms with van der Waals surface area (Å²) in [5.41, 5.74) is 1.90. The third-order valence-corrected chi connectivity index (χ3v) is 9.20. The molecule has 12 nitrogen and oxygen atoms in total. The van der Waals surface area contributed by atoms with Gasteiger partial charge in [-0.1, -0.05) is 51.5 Å². The van der Waals surface area contributed by atoms with Crippen molar-refractivity contribution >= 4 is 35.2 Å². The van der Waals surface area contributed by atoms with E-state index < -0.39 is 17.7 Å². The Kier molecular flexibility index (Phi) is 9.17. The summed E-state index contributed by atoms with van der Waals surface area (Å²) in [6.45, 7) is 8.50. The lowest BCUT2D eigenvalue weighted by molar-refractivity contribution is -0.114. The SMILES string of the molecule is COc1c(NC(C)=O)cc(C(C)(C)C)cc1NC(=O)N[C@@]1(C=O)C=C[C@@H](Oc2ccc3nnc([C@@H]4CCCCN4C)n3c2)c2ccccc21. The second kappa shape index (κ2) is 13.3. The number of aldehydes is 1. The zero-order valence-corrected chi connectivity index (χ0v) is 28.7. The number of carbonyl (C=O) groups excluding carboxylic acids is 3. The van der Waals surface area contributed by atoms with Crippen molar-refractivity contribution in [3.63, 3.8) is 0 Å². The van der Waals surface area contributed by atoms with E-state index in [0.717, 1.165) is 42.0 Å². The van der Waals surface area contributed by atoms with E-state index >= 15 is 0 Å². The number of anilines is 2. The summed E-state index contributed by atoms with van der Waals surface area (Å²) in [4.78, 5) is 40.9. The number of hydrogen-bond acceptors (Lipinski definition) is 8. The van der Waals surface area contributed by atoms with Gasteiger partial charge in [0.15, 0.2) is 23.5 Å². The maximum Gasteiger partial charge on any atom is 0.320 e. The number of urea groups is 1. The first-order chi connectivity index (χ1) is 23.4. The van der Waals surface area contributed by atoms with Crippen LogP contribution in [0.2, 0.25) is 0 Å². The molecular formula is C37H43N7O5. The van der Waals surface area contributed by atoms with Gasteiger partial charge in [0.1, 0.15) is 17.4 Å². The first-order valence-corrected chi connectivity index (χ1v) is 16.5. The number of aromatic nitrogens is 3. The number of amides is 3. The van der Waals surface area contributed by atoms with Crippen LogP contribution in [-0.2, 0) is 20.5 Å². The molecule has 3 atom stereocenters. The number of benzene rings is 2. The first-order valence-electron chi connectivity index (χ1n) is 16.5. The van der Waals surface area contributed by atoms with Crippen molar-refractivity contribution in [1.82, 2.24) is 24.8 Å². The van der Waals surface area contributed by atoms with Crippen LogP contribution in [0.15, 0.2) is 66.9 Å². The molecular weight excluding hydrogens is 622 g/mol. The number of carbonyl (C=O) groups is 3. The van der Waals surface area contributed by atoms with E-state index in [1.54, 1.807) is 24.3 Å². The minimum Gasteiger partial charge on any atom is -0.492 e. The van der Waals surface area contributed by atoms with Crippen LogP contribution in [0.1, 0.15) is 81.6 Å². The minimum absolute atomic E-state index is 0.174. The van der Waals surface area contributed by atoms with E-state index in [0.29, 0.717) is 29.0 Å². The molecule has 1 aliphatic carbocycles. The van der Waals surface area contributed by atoms with Crippen LogP contribution in [-0.4, -0.2) is 58.4 Å². The molecule has 0 saturated carbocycles. The van der Waals surface area contributed by atoms with Crippen LogP contribution in [0.5, 0.6) is 11.5 Å². The number of nitrogens with one attached hydrogen (secondary N) is 3. The average Bonchev–Trinajstić information content (AvgIpc) is 3.48. The largest absolute Gasteiger partial charge is 0.492 e. The van der Waals surface area contributed by atoms with Gasteiger partial charge in [-0.2, -0.15) is 0 Å². The van der Waals surface area contributed by atoms with Crippen LogP contribution in [0.25, 0.3) is 5.65 Å². The average molecular weight is 666 g/mol. The fraction of sp³-hybridized carbons (Fsp3) is 0.378. The third kappa shape index (κ3) is 6.73. The fourth-order valence-electron chi connectivity index (χ4n) is 6.63. The zero-order valence-electron chi connectivity index (χ0n) is 28.7. The zero-order chi connectivity index (χ0) is 34.9. The first kappa shape index (κ1) is 33.7. The Balaban J connectivity index is 1.28. The van der Waals surface area contributed by atoms with Gasteiger partial charge in [-0.05, 0) is 79.4 Å². The summed E-state index contributed by atoms with van der Waals surface area (Å²) in [6, 6.07) is 14.3. The molecule has 256 valence electrons. The molecule has 1 saturated heterocycles. The standard InChI is InChI=1S/C37H43N7O5/c1-23(46)38-28-19-24(36(2,3)4)20-29(33(28)48-6)39-35(47)40-37(22-45)17-16-31(26-11-7-8-12-27(26)37)49-25-14-15-32-41-42-34(44(32)21-25)30-13-9-10-18-43(30)5/h7-8,11-12,14-17,19-22,30-31H,9-10,13,18H2,1-6H3,(H,38,46)(H2,39,40,47)/t30-,31+,37+/m0/s1. The third-order valence-electron chi connectivity index (χ3n) is 9.20. The lowest BCUT2D eigenvalue weighted by Crippen LogP contribution is -2.49. The van der Waals surface area contributed by atoms with Crippen LogP contribution < -0.4 is 25.4 Å². The summed E-state index contributed by atoms with van der Waals surface area (Å²) >= 11 is 0. The van der Waals surface area contributed by atoms with Gasteiger partial charge in [-0.15, -0.1) is 10.2 Å². The predicted molar refractivity (Wildman–Crippen MR) is 187 cm³/mol. The Bertz CT molecular complexity index is 1930. The van der Waals surface area contributed by atoms with Crippen LogP contribution in [0, 0.1) is 0 Å². The molecule has 12 heteroatoms. The molecule has 49 heavy (non-hydrogen) atoms. The Morgan fingerprint density at radius 2 is 1.80 bits per heavy atom. The Morgan fingerprint density at radius 1 is 1.04 bits per heavy atom. The van der Waals surface area contributed by atoms with Crippen molar-refractivity contribution in [2.75, 3.05) is 31.3 Å². The van der Waals surface area contributed by atoms with E-state index in [1.165, 1.54) is 20.5 Å². The van der Waals surface area contributed by atoms with E-state index in [-0.39, 0.29) is 23.1 Å². The van der Waals surface area contributed by atoms with Gasteiger partial charge in [0, 0.05) is 12.5 Å². The summed E-state index contributed by atoms with van der Waals surface area (Å²) in [6.07, 6.45) is 8.83. The maximum atomic E-state index is 13.7. The van der Waals surface area contributed by atoms with Gasteiger partial charge in [-0.3, -0.25) is 18.9 Å². The summed E-state index contributed by atoms with van der Waals surface area (Å²) in [7, 11) is 3.58. The predicted octanol–water partition coefficient (Wildman–Crippen LogP) is 6.06. The molecule has 0 bridgehead atoms. The number of pyridine rings is 1. The number of likely N-dealkylation sites (tertiary alicyclic amines) is 1. The highest BCUT2D eigenvalue weighted by atomic mass is 16.5. The number of methoxy groups -OCH3 is 1. The molecule has 0 radical (unpaired) electrons. The van der Waals surface area contributed by atoms with Crippen molar-refractivity contribution in [2.24, 2.45) is 0 Å². The van der Waals surface area contributed by atoms with Crippen molar-refractivity contribution in [1.29, 1.82) is 0 Å². The van der Waals surface area contributed by atoms with E-state index in [1.807, 2.05) is 67.8 Å². The molecule has 3 N–H and O–H groups in total. The van der Waals surface area contributed by atoms with Crippen molar-refractivity contribution in [3.05, 3.63) is 89.4 Å². The van der Waals surface area contributed by atoms with E-state index in [9.17, 15) is 14.4 Å². The Hall–Kier alpha value is -5.23. The molecule has 1 aliphatic heterocycles. The van der Waals surface area contributed by atoms with Gasteiger partial charge in [0.2, 0.25) is 5.91 Å². The monoisotopic (exact) mass is 665 g/mol. The molecule has 3 amide bonds. The highest BCUT2D eigenvalue weighted by molar-refractivity contribution is 5.98. The molecule has 3 heterocycles. The van der Waals surface area contributed by atoms with Gasteiger partial charge < -0.3 is 25.4 Å². The number of rotatable bonds is 8. The smallest absolute Gasteiger partial charge is 0.320 e. The highest BCUT2D eigenvalue weighted by Crippen LogP contribution is 2.40. The number of fused-ring (bicyclic) bond motifs is 2. The molecule has 2 aliphatic rings. The maximum absolute atomic E-state index is 13.7. The molecule has 6 rings (SSSR count). The quantitative estimate of drug-likeness (QED) is 0.153. The van der Waals surface area contributed by atoms with Crippen molar-refractivity contribution in [3.8, 4) is 11.5 Å². The molecule has 0 spiro atoms. The normalized spacial score (nSPS) is 20.7. The summed E-state index contributed by atoms with van der Waals surface area (Å²) < 4.78 is 14.1. The molecule has 4 aromatic rings. The van der Waals surface area contributed by atoms with Crippen LogP contribution >= 0.6 is 0 Å². The highest BCUT2D eigenvalue weighted by Gasteiger charge is 2.39. The van der Waals surface area contributed by atoms with Crippen molar-refractivity contribution < 1.29 is 23.9 Å². The van der Waals surface area contributed by atoms with Gasteiger partial charge in [-0.25, -0.2) is 4.79 Å². The molecule has 2 aromatic carbocycles. The number of hydrogen-bond donors (Lipinski definition) is 3. The van der Waals surface area contributed by atoms with Gasteiger partial charge in [0.25, 0.3) is 0 Å². The van der Waals surface area contributed by atoms with Gasteiger partial charge >= 0.3 is 6.03 Å². The lowest BCUT2D eigenvalue weighted by atomic mass is 9.81. The number of ether oxygens (including phenoxy) is 2. The summed E-state index contributed by atoms with van der Waals surface area (Å²) in [5.74, 6) is 1.50. The molecule has 0 unspecified atom stereocenters. The van der Waals surface area contributed by atoms with Crippen LogP contribution in [0.4, 0.5) is 16.2 Å². The summed E-state index contributed by atoms with van der Waals surface area (Å²) in [5, 5.41) is 17.4. The van der Waals surface area contributed by atoms with Crippen LogP contribution in [0.3, 0.4) is 0 Å². The Morgan fingerprint density at radius 3 is 2.49 bits per heavy atom. The second-order valence-electron chi connectivity index (χ2n) is 13.7. The topological polar surface area (TPSA) is 139 Å². The molecule has 1 fully saturated rings. The molecule has 2 aromatic heterocycles.